The van der Waals surface area contributed by atoms with E-state index in [1.165, 1.54) is 0 Å². The van der Waals surface area contributed by atoms with Gasteiger partial charge in [-0.1, -0.05) is 13.8 Å². The molecule has 0 saturated carbocycles. The normalized spacial score (nSPS) is 28.5. The van der Waals surface area contributed by atoms with E-state index in [2.05, 4.69) is 34.6 Å². The molecule has 1 saturated heterocycles. The lowest BCUT2D eigenvalue weighted by Crippen LogP contribution is -2.30. The molecule has 0 aliphatic carbocycles. The van der Waals surface area contributed by atoms with E-state index in [9.17, 15) is 0 Å². The van der Waals surface area contributed by atoms with Crippen LogP contribution in [-0.2, 0) is 9.31 Å². The summed E-state index contributed by atoms with van der Waals surface area (Å²) in [5.74, 6) is 0.635. The lowest BCUT2D eigenvalue weighted by atomic mass is 9.79. The van der Waals surface area contributed by atoms with Gasteiger partial charge in [0.15, 0.2) is 0 Å². The largest absolute Gasteiger partial charge is 0.457 e. The molecule has 0 amide bonds. The van der Waals surface area contributed by atoms with Gasteiger partial charge in [0.05, 0.1) is 11.7 Å². The van der Waals surface area contributed by atoms with Crippen LogP contribution in [0.2, 0.25) is 6.32 Å². The molecule has 0 bridgehead atoms. The van der Waals surface area contributed by atoms with Gasteiger partial charge in [0, 0.05) is 0 Å². The summed E-state index contributed by atoms with van der Waals surface area (Å²) in [6.45, 7) is 10.6. The summed E-state index contributed by atoms with van der Waals surface area (Å²) in [7, 11) is 0.00926. The predicted molar refractivity (Wildman–Crippen MR) is 51.1 cm³/mol. The molecule has 0 radical (unpaired) electrons. The highest BCUT2D eigenvalue weighted by Crippen LogP contribution is 2.29. The summed E-state index contributed by atoms with van der Waals surface area (Å²) in [6, 6.07) is 0. The molecule has 0 aromatic heterocycles. The Morgan fingerprint density at radius 1 is 1.42 bits per heavy atom. The van der Waals surface area contributed by atoms with E-state index in [-0.39, 0.29) is 18.8 Å². The van der Waals surface area contributed by atoms with Gasteiger partial charge in [0.2, 0.25) is 0 Å². The van der Waals surface area contributed by atoms with Crippen LogP contribution in [0.3, 0.4) is 0 Å². The average molecular weight is 170 g/mol. The fourth-order valence-corrected chi connectivity index (χ4v) is 1.34. The van der Waals surface area contributed by atoms with Crippen LogP contribution in [0, 0.1) is 5.92 Å². The Morgan fingerprint density at radius 2 is 2.00 bits per heavy atom. The Labute approximate surface area is 75.8 Å². The van der Waals surface area contributed by atoms with Crippen molar-refractivity contribution in [1.29, 1.82) is 0 Å². The summed E-state index contributed by atoms with van der Waals surface area (Å²) in [6.07, 6.45) is 1.20. The zero-order valence-corrected chi connectivity index (χ0v) is 8.76. The Balaban J connectivity index is 2.44. The van der Waals surface area contributed by atoms with Crippen molar-refractivity contribution in [3.05, 3.63) is 0 Å². The van der Waals surface area contributed by atoms with Gasteiger partial charge >= 0.3 is 7.12 Å². The molecule has 0 aromatic carbocycles. The van der Waals surface area contributed by atoms with Crippen LogP contribution in [0.25, 0.3) is 0 Å². The molecule has 12 heavy (non-hydrogen) atoms. The third-order valence-corrected chi connectivity index (χ3v) is 2.43. The predicted octanol–water partition coefficient (Wildman–Crippen LogP) is 2.34. The first-order valence-corrected chi connectivity index (χ1v) is 4.75. The minimum atomic E-state index is -0.112. The van der Waals surface area contributed by atoms with Crippen molar-refractivity contribution in [1.82, 2.24) is 0 Å². The number of hydrogen-bond donors (Lipinski definition) is 0. The first kappa shape index (κ1) is 10.1. The van der Waals surface area contributed by atoms with E-state index in [1.54, 1.807) is 0 Å². The first-order chi connectivity index (χ1) is 5.42. The van der Waals surface area contributed by atoms with Gasteiger partial charge in [-0.15, -0.1) is 0 Å². The SMILES string of the molecule is CC(C)CB1OC(C)C(C)(C)O1. The second-order valence-corrected chi connectivity index (χ2v) is 4.56. The maximum absolute atomic E-state index is 5.75. The highest BCUT2D eigenvalue weighted by Gasteiger charge is 2.42. The fourth-order valence-electron chi connectivity index (χ4n) is 1.34. The third kappa shape index (κ3) is 2.24. The van der Waals surface area contributed by atoms with E-state index >= 15 is 0 Å². The van der Waals surface area contributed by atoms with Crippen molar-refractivity contribution >= 4 is 7.12 Å². The van der Waals surface area contributed by atoms with Crippen molar-refractivity contribution in [2.75, 3.05) is 0 Å². The minimum Gasteiger partial charge on any atom is -0.406 e. The van der Waals surface area contributed by atoms with Crippen LogP contribution in [0.4, 0.5) is 0 Å². The molecule has 1 unspecified atom stereocenters. The fraction of sp³-hybridized carbons (Fsp3) is 1.00. The van der Waals surface area contributed by atoms with Gasteiger partial charge < -0.3 is 9.31 Å². The number of rotatable bonds is 2. The first-order valence-electron chi connectivity index (χ1n) is 4.75. The molecule has 70 valence electrons. The molecular formula is C9H19BO2. The molecule has 1 aliphatic rings. The lowest BCUT2D eigenvalue weighted by molar-refractivity contribution is 0.0839. The maximum Gasteiger partial charge on any atom is 0.457 e. The standard InChI is InChI=1S/C9H19BO2/c1-7(2)6-10-11-8(3)9(4,5)12-10/h7-8H,6H2,1-5H3. The van der Waals surface area contributed by atoms with Gasteiger partial charge in [0.1, 0.15) is 0 Å². The molecule has 2 nitrogen and oxygen atoms in total. The average Bonchev–Trinajstić information content (AvgIpc) is 2.04. The van der Waals surface area contributed by atoms with Crippen LogP contribution in [0.5, 0.6) is 0 Å². The second kappa shape index (κ2) is 3.39. The monoisotopic (exact) mass is 170 g/mol. The maximum atomic E-state index is 5.75. The van der Waals surface area contributed by atoms with Crippen LogP contribution in [-0.4, -0.2) is 18.8 Å². The molecule has 1 aliphatic heterocycles. The topological polar surface area (TPSA) is 18.5 Å². The molecule has 1 rings (SSSR count). The zero-order valence-electron chi connectivity index (χ0n) is 8.76. The Morgan fingerprint density at radius 3 is 2.33 bits per heavy atom. The van der Waals surface area contributed by atoms with Gasteiger partial charge in [-0.3, -0.25) is 0 Å². The van der Waals surface area contributed by atoms with E-state index in [1.807, 2.05) is 0 Å². The van der Waals surface area contributed by atoms with E-state index in [0.717, 1.165) is 6.32 Å². The van der Waals surface area contributed by atoms with Crippen LogP contribution in [0.15, 0.2) is 0 Å². The van der Waals surface area contributed by atoms with Crippen molar-refractivity contribution in [2.24, 2.45) is 5.92 Å². The molecule has 1 heterocycles. The van der Waals surface area contributed by atoms with E-state index < -0.39 is 0 Å². The molecule has 3 heteroatoms. The Kier molecular flexibility index (Phi) is 2.84. The zero-order chi connectivity index (χ0) is 9.35. The Hall–Kier alpha value is -0.0151. The molecule has 0 N–H and O–H groups in total. The second-order valence-electron chi connectivity index (χ2n) is 4.56. The van der Waals surface area contributed by atoms with Crippen LogP contribution >= 0.6 is 0 Å². The van der Waals surface area contributed by atoms with Gasteiger partial charge in [-0.2, -0.15) is 0 Å². The van der Waals surface area contributed by atoms with Crippen molar-refractivity contribution in [3.8, 4) is 0 Å². The minimum absolute atomic E-state index is 0.00926. The highest BCUT2D eigenvalue weighted by atomic mass is 16.7. The molecule has 0 aromatic rings. The highest BCUT2D eigenvalue weighted by molar-refractivity contribution is 6.45. The van der Waals surface area contributed by atoms with E-state index in [0.29, 0.717) is 5.92 Å². The summed E-state index contributed by atoms with van der Waals surface area (Å²) in [4.78, 5) is 0. The summed E-state index contributed by atoms with van der Waals surface area (Å²) < 4.78 is 11.4. The van der Waals surface area contributed by atoms with Crippen molar-refractivity contribution in [3.63, 3.8) is 0 Å². The summed E-state index contributed by atoms with van der Waals surface area (Å²) in [5.41, 5.74) is -0.112. The van der Waals surface area contributed by atoms with Crippen molar-refractivity contribution in [2.45, 2.75) is 52.6 Å². The smallest absolute Gasteiger partial charge is 0.406 e. The Bertz CT molecular complexity index is 157. The lowest BCUT2D eigenvalue weighted by Gasteiger charge is -2.21. The van der Waals surface area contributed by atoms with E-state index in [4.69, 9.17) is 9.31 Å². The third-order valence-electron chi connectivity index (χ3n) is 2.43. The number of hydrogen-bond acceptors (Lipinski definition) is 2. The summed E-state index contributed by atoms with van der Waals surface area (Å²) >= 11 is 0. The van der Waals surface area contributed by atoms with Crippen molar-refractivity contribution < 1.29 is 9.31 Å². The van der Waals surface area contributed by atoms with Crippen LogP contribution < -0.4 is 0 Å². The molecule has 0 spiro atoms. The molecular weight excluding hydrogens is 151 g/mol. The molecule has 1 atom stereocenters. The van der Waals surface area contributed by atoms with Gasteiger partial charge in [0.25, 0.3) is 0 Å². The quantitative estimate of drug-likeness (QED) is 0.592. The van der Waals surface area contributed by atoms with Gasteiger partial charge in [-0.05, 0) is 33.0 Å². The summed E-state index contributed by atoms with van der Waals surface area (Å²) in [5, 5.41) is 0. The van der Waals surface area contributed by atoms with Crippen LogP contribution in [0.1, 0.15) is 34.6 Å². The molecule has 1 fully saturated rings. The van der Waals surface area contributed by atoms with Gasteiger partial charge in [-0.25, -0.2) is 0 Å².